The van der Waals surface area contributed by atoms with Crippen molar-refractivity contribution in [1.29, 1.82) is 0 Å². The molecule has 1 aromatic carbocycles. The zero-order valence-electron chi connectivity index (χ0n) is 8.21. The number of aromatic nitrogens is 3. The van der Waals surface area contributed by atoms with E-state index in [9.17, 15) is 0 Å². The second kappa shape index (κ2) is 3.49. The Morgan fingerprint density at radius 1 is 1.27 bits per heavy atom. The van der Waals surface area contributed by atoms with Gasteiger partial charge in [0.2, 0.25) is 0 Å². The number of hydrogen-bond acceptors (Lipinski definition) is 5. The number of anilines is 2. The minimum absolute atomic E-state index is 0.279. The van der Waals surface area contributed by atoms with E-state index < -0.39 is 0 Å². The van der Waals surface area contributed by atoms with Crippen LogP contribution in [0.4, 0.5) is 11.4 Å². The molecule has 0 atom stereocenters. The molecule has 0 amide bonds. The zero-order chi connectivity index (χ0) is 10.8. The Morgan fingerprint density at radius 3 is 2.67 bits per heavy atom. The third kappa shape index (κ3) is 1.98. The monoisotopic (exact) mass is 205 g/mol. The third-order valence-electron chi connectivity index (χ3n) is 1.85. The SMILES string of the molecule is Cn1cnc(Oc2ccc(N)c(N)c2)n1. The molecular weight excluding hydrogens is 194 g/mol. The van der Waals surface area contributed by atoms with E-state index in [1.54, 1.807) is 36.3 Å². The number of nitrogens with zero attached hydrogens (tertiary/aromatic N) is 3. The number of benzene rings is 1. The quantitative estimate of drug-likeness (QED) is 0.706. The minimum atomic E-state index is 0.279. The van der Waals surface area contributed by atoms with Gasteiger partial charge in [-0.15, -0.1) is 5.10 Å². The molecule has 0 spiro atoms. The van der Waals surface area contributed by atoms with Gasteiger partial charge in [-0.3, -0.25) is 4.68 Å². The minimum Gasteiger partial charge on any atom is -0.423 e. The molecule has 0 unspecified atom stereocenters. The predicted molar refractivity (Wildman–Crippen MR) is 56.3 cm³/mol. The lowest BCUT2D eigenvalue weighted by atomic mass is 10.2. The molecule has 0 aliphatic carbocycles. The molecule has 4 N–H and O–H groups in total. The molecule has 2 rings (SSSR count). The topological polar surface area (TPSA) is 92.0 Å². The number of ether oxygens (including phenoxy) is 1. The normalized spacial score (nSPS) is 10.2. The predicted octanol–water partition coefficient (Wildman–Crippen LogP) is 0.772. The zero-order valence-corrected chi connectivity index (χ0v) is 8.21. The van der Waals surface area contributed by atoms with Gasteiger partial charge in [0.1, 0.15) is 12.1 Å². The van der Waals surface area contributed by atoms with E-state index in [1.165, 1.54) is 0 Å². The van der Waals surface area contributed by atoms with Crippen LogP contribution in [0.1, 0.15) is 0 Å². The average Bonchev–Trinajstić information content (AvgIpc) is 2.58. The fraction of sp³-hybridized carbons (Fsp3) is 0.111. The van der Waals surface area contributed by atoms with Crippen LogP contribution in [-0.4, -0.2) is 14.8 Å². The summed E-state index contributed by atoms with van der Waals surface area (Å²) in [5.41, 5.74) is 12.2. The average molecular weight is 205 g/mol. The van der Waals surface area contributed by atoms with Gasteiger partial charge in [-0.05, 0) is 12.1 Å². The molecule has 0 aliphatic rings. The van der Waals surface area contributed by atoms with Crippen molar-refractivity contribution in [3.8, 4) is 11.8 Å². The fourth-order valence-corrected chi connectivity index (χ4v) is 1.09. The van der Waals surface area contributed by atoms with Crippen molar-refractivity contribution >= 4 is 11.4 Å². The van der Waals surface area contributed by atoms with E-state index in [1.807, 2.05) is 0 Å². The number of nitrogens with two attached hydrogens (primary N) is 2. The first-order valence-electron chi connectivity index (χ1n) is 4.33. The number of nitrogen functional groups attached to an aromatic ring is 2. The summed E-state index contributed by atoms with van der Waals surface area (Å²) in [4.78, 5) is 3.92. The van der Waals surface area contributed by atoms with E-state index in [0.717, 1.165) is 0 Å². The van der Waals surface area contributed by atoms with E-state index in [4.69, 9.17) is 16.2 Å². The molecule has 0 saturated carbocycles. The molecule has 15 heavy (non-hydrogen) atoms. The second-order valence-electron chi connectivity index (χ2n) is 3.09. The molecular formula is C9H11N5O. The highest BCUT2D eigenvalue weighted by molar-refractivity contribution is 5.65. The van der Waals surface area contributed by atoms with E-state index in [0.29, 0.717) is 17.1 Å². The summed E-state index contributed by atoms with van der Waals surface area (Å²) in [5, 5.41) is 3.97. The first-order valence-corrected chi connectivity index (χ1v) is 4.33. The largest absolute Gasteiger partial charge is 0.423 e. The van der Waals surface area contributed by atoms with Gasteiger partial charge < -0.3 is 16.2 Å². The lowest BCUT2D eigenvalue weighted by Gasteiger charge is -2.03. The Kier molecular flexibility index (Phi) is 2.17. The van der Waals surface area contributed by atoms with E-state index >= 15 is 0 Å². The lowest BCUT2D eigenvalue weighted by molar-refractivity contribution is 0.439. The smallest absolute Gasteiger partial charge is 0.340 e. The maximum absolute atomic E-state index is 5.63. The maximum Gasteiger partial charge on any atom is 0.340 e. The van der Waals surface area contributed by atoms with Crippen LogP contribution >= 0.6 is 0 Å². The van der Waals surface area contributed by atoms with Gasteiger partial charge in [-0.25, -0.2) is 0 Å². The maximum atomic E-state index is 5.63. The van der Waals surface area contributed by atoms with Gasteiger partial charge in [0, 0.05) is 13.1 Å². The molecule has 78 valence electrons. The molecule has 1 heterocycles. The first-order chi connectivity index (χ1) is 7.15. The van der Waals surface area contributed by atoms with Crippen LogP contribution in [-0.2, 0) is 7.05 Å². The first kappa shape index (κ1) is 9.32. The number of rotatable bonds is 2. The van der Waals surface area contributed by atoms with Crippen LogP contribution in [0.3, 0.4) is 0 Å². The van der Waals surface area contributed by atoms with E-state index in [-0.39, 0.29) is 6.01 Å². The summed E-state index contributed by atoms with van der Waals surface area (Å²) in [6.45, 7) is 0. The van der Waals surface area contributed by atoms with Crippen LogP contribution in [0.5, 0.6) is 11.8 Å². The van der Waals surface area contributed by atoms with Crippen LogP contribution in [0, 0.1) is 0 Å². The molecule has 0 radical (unpaired) electrons. The molecule has 0 aliphatic heterocycles. The lowest BCUT2D eigenvalue weighted by Crippen LogP contribution is -1.95. The van der Waals surface area contributed by atoms with Crippen molar-refractivity contribution < 1.29 is 4.74 Å². The highest BCUT2D eigenvalue weighted by Gasteiger charge is 2.03. The van der Waals surface area contributed by atoms with Crippen molar-refractivity contribution in [2.45, 2.75) is 0 Å². The molecule has 0 bridgehead atoms. The summed E-state index contributed by atoms with van der Waals surface area (Å²) in [6.07, 6.45) is 1.55. The second-order valence-corrected chi connectivity index (χ2v) is 3.09. The van der Waals surface area contributed by atoms with Crippen molar-refractivity contribution in [2.75, 3.05) is 11.5 Å². The van der Waals surface area contributed by atoms with Crippen molar-refractivity contribution in [2.24, 2.45) is 7.05 Å². The Balaban J connectivity index is 2.21. The summed E-state index contributed by atoms with van der Waals surface area (Å²) >= 11 is 0. The standard InChI is InChI=1S/C9H11N5O/c1-14-5-12-9(13-14)15-6-2-3-7(10)8(11)4-6/h2-5H,10-11H2,1H3. The summed E-state index contributed by atoms with van der Waals surface area (Å²) < 4.78 is 6.91. The van der Waals surface area contributed by atoms with Gasteiger partial charge in [0.25, 0.3) is 0 Å². The highest BCUT2D eigenvalue weighted by Crippen LogP contribution is 2.24. The van der Waals surface area contributed by atoms with Crippen molar-refractivity contribution in [3.63, 3.8) is 0 Å². The van der Waals surface area contributed by atoms with Gasteiger partial charge >= 0.3 is 6.01 Å². The van der Waals surface area contributed by atoms with Gasteiger partial charge in [0.15, 0.2) is 0 Å². The Morgan fingerprint density at radius 2 is 2.07 bits per heavy atom. The summed E-state index contributed by atoms with van der Waals surface area (Å²) in [7, 11) is 1.76. The molecule has 0 saturated heterocycles. The Hall–Kier alpha value is -2.24. The molecule has 6 nitrogen and oxygen atoms in total. The molecule has 2 aromatic rings. The third-order valence-corrected chi connectivity index (χ3v) is 1.85. The molecule has 0 fully saturated rings. The number of aryl methyl sites for hydroxylation is 1. The van der Waals surface area contributed by atoms with Gasteiger partial charge in [-0.2, -0.15) is 4.98 Å². The molecule has 6 heteroatoms. The van der Waals surface area contributed by atoms with Crippen LogP contribution in [0.15, 0.2) is 24.5 Å². The van der Waals surface area contributed by atoms with Gasteiger partial charge in [0.05, 0.1) is 11.4 Å². The van der Waals surface area contributed by atoms with Crippen LogP contribution in [0.2, 0.25) is 0 Å². The van der Waals surface area contributed by atoms with Crippen LogP contribution in [0.25, 0.3) is 0 Å². The fourth-order valence-electron chi connectivity index (χ4n) is 1.09. The molecule has 1 aromatic heterocycles. The van der Waals surface area contributed by atoms with Crippen LogP contribution < -0.4 is 16.2 Å². The highest BCUT2D eigenvalue weighted by atomic mass is 16.5. The van der Waals surface area contributed by atoms with Gasteiger partial charge in [-0.1, -0.05) is 0 Å². The summed E-state index contributed by atoms with van der Waals surface area (Å²) in [6, 6.07) is 5.29. The Bertz CT molecular complexity index is 479. The van der Waals surface area contributed by atoms with E-state index in [2.05, 4.69) is 10.1 Å². The summed E-state index contributed by atoms with van der Waals surface area (Å²) in [5.74, 6) is 0.563. The number of hydrogen-bond donors (Lipinski definition) is 2. The van der Waals surface area contributed by atoms with Crippen molar-refractivity contribution in [3.05, 3.63) is 24.5 Å². The van der Waals surface area contributed by atoms with Crippen molar-refractivity contribution in [1.82, 2.24) is 14.8 Å². The Labute approximate surface area is 86.5 Å².